The highest BCUT2D eigenvalue weighted by Gasteiger charge is 2.21. The van der Waals surface area contributed by atoms with Crippen molar-refractivity contribution in [1.82, 2.24) is 20.5 Å². The Hall–Kier alpha value is -4.79. The molecule has 1 atom stereocenters. The Labute approximate surface area is 311 Å². The quantitative estimate of drug-likeness (QED) is 0.0809. The van der Waals surface area contributed by atoms with Crippen LogP contribution in [0, 0.1) is 5.82 Å². The number of aliphatic hydroxyl groups is 1. The second kappa shape index (κ2) is 18.8. The highest BCUT2D eigenvalue weighted by molar-refractivity contribution is 6.32. The standard InChI is InChI=1S/C39H42ClFN4O8/c1-2-49-39(47)35(23-46)42-22-29-20-32(40)37(21-36(29)51-24-26-10-11-33-34(18-26)44-53-43-33)52-25-28-7-4-9-31(38(28)41)27-6-3-8-30(19-27)50-15-5-12-45-13-16-48-17-14-45/h3-4,6-11,18-21,35,42,46H,2,5,12-17,22-25H2,1H3. The molecule has 0 saturated carbocycles. The summed E-state index contributed by atoms with van der Waals surface area (Å²) in [6.07, 6.45) is 0.880. The number of carbonyl (C=O) groups is 1. The normalized spacial score (nSPS) is 13.9. The minimum Gasteiger partial charge on any atom is -0.494 e. The molecule has 5 aromatic rings. The van der Waals surface area contributed by atoms with Gasteiger partial charge in [0, 0.05) is 48.9 Å². The average Bonchev–Trinajstić information content (AvgIpc) is 3.65. The van der Waals surface area contributed by atoms with Crippen molar-refractivity contribution in [2.45, 2.75) is 39.1 Å². The van der Waals surface area contributed by atoms with E-state index in [0.29, 0.717) is 51.4 Å². The van der Waals surface area contributed by atoms with Crippen LogP contribution >= 0.6 is 11.6 Å². The van der Waals surface area contributed by atoms with Gasteiger partial charge in [-0.15, -0.1) is 0 Å². The van der Waals surface area contributed by atoms with Crippen molar-refractivity contribution in [1.29, 1.82) is 0 Å². The van der Waals surface area contributed by atoms with E-state index in [1.54, 1.807) is 49.4 Å². The Morgan fingerprint density at radius 1 is 0.962 bits per heavy atom. The average molecular weight is 749 g/mol. The zero-order chi connectivity index (χ0) is 37.0. The molecule has 1 aromatic heterocycles. The summed E-state index contributed by atoms with van der Waals surface area (Å²) in [5, 5.41) is 20.7. The molecular weight excluding hydrogens is 707 g/mol. The maximum absolute atomic E-state index is 16.0. The van der Waals surface area contributed by atoms with Gasteiger partial charge in [-0.3, -0.25) is 15.0 Å². The number of nitrogens with one attached hydrogen (secondary N) is 1. The number of aromatic nitrogens is 2. The molecule has 0 aliphatic carbocycles. The lowest BCUT2D eigenvalue weighted by Gasteiger charge is -2.26. The number of nitrogens with zero attached hydrogens (tertiary/aromatic N) is 3. The smallest absolute Gasteiger partial charge is 0.325 e. The van der Waals surface area contributed by atoms with Crippen molar-refractivity contribution in [3.05, 3.63) is 100 Å². The molecule has 4 aromatic carbocycles. The van der Waals surface area contributed by atoms with Crippen LogP contribution in [0.5, 0.6) is 17.2 Å². The Balaban J connectivity index is 1.15. The number of fused-ring (bicyclic) bond motifs is 1. The van der Waals surface area contributed by atoms with E-state index in [9.17, 15) is 9.90 Å². The first-order valence-corrected chi connectivity index (χ1v) is 17.9. The van der Waals surface area contributed by atoms with Gasteiger partial charge in [0.1, 0.15) is 53.4 Å². The summed E-state index contributed by atoms with van der Waals surface area (Å²) in [5.74, 6) is 0.331. The van der Waals surface area contributed by atoms with Crippen LogP contribution in [-0.2, 0) is 34.0 Å². The lowest BCUT2D eigenvalue weighted by molar-refractivity contribution is -0.146. The Morgan fingerprint density at radius 2 is 1.77 bits per heavy atom. The van der Waals surface area contributed by atoms with Crippen LogP contribution < -0.4 is 19.5 Å². The number of carbonyl (C=O) groups excluding carboxylic acids is 1. The number of aliphatic hydroxyl groups excluding tert-OH is 1. The van der Waals surface area contributed by atoms with Crippen LogP contribution in [0.3, 0.4) is 0 Å². The molecule has 1 fully saturated rings. The number of hydrogen-bond donors (Lipinski definition) is 2. The Morgan fingerprint density at radius 3 is 2.60 bits per heavy atom. The first-order chi connectivity index (χ1) is 25.9. The van der Waals surface area contributed by atoms with Crippen molar-refractivity contribution >= 4 is 28.6 Å². The molecule has 2 heterocycles. The zero-order valence-electron chi connectivity index (χ0n) is 29.4. The van der Waals surface area contributed by atoms with Crippen LogP contribution in [0.2, 0.25) is 5.02 Å². The predicted molar refractivity (Wildman–Crippen MR) is 195 cm³/mol. The maximum Gasteiger partial charge on any atom is 0.325 e. The summed E-state index contributed by atoms with van der Waals surface area (Å²) in [5.41, 5.74) is 4.01. The Bertz CT molecular complexity index is 1970. The van der Waals surface area contributed by atoms with Gasteiger partial charge < -0.3 is 28.8 Å². The van der Waals surface area contributed by atoms with Gasteiger partial charge in [0.25, 0.3) is 0 Å². The molecule has 1 unspecified atom stereocenters. The third-order valence-electron chi connectivity index (χ3n) is 8.72. The van der Waals surface area contributed by atoms with Gasteiger partial charge in [0.2, 0.25) is 0 Å². The summed E-state index contributed by atoms with van der Waals surface area (Å²) in [6, 6.07) is 20.3. The summed E-state index contributed by atoms with van der Waals surface area (Å²) < 4.78 is 49.6. The fourth-order valence-corrected chi connectivity index (χ4v) is 6.10. The number of rotatable bonds is 18. The molecule has 0 spiro atoms. The first-order valence-electron chi connectivity index (χ1n) is 17.5. The summed E-state index contributed by atoms with van der Waals surface area (Å²) in [7, 11) is 0. The number of ether oxygens (including phenoxy) is 5. The largest absolute Gasteiger partial charge is 0.494 e. The number of morpholine rings is 1. The van der Waals surface area contributed by atoms with Crippen LogP contribution in [0.15, 0.2) is 77.4 Å². The fraction of sp³-hybridized carbons (Fsp3) is 0.359. The van der Waals surface area contributed by atoms with Gasteiger partial charge in [-0.1, -0.05) is 48.0 Å². The molecule has 2 N–H and O–H groups in total. The zero-order valence-corrected chi connectivity index (χ0v) is 30.1. The lowest BCUT2D eigenvalue weighted by Crippen LogP contribution is -2.40. The Kier molecular flexibility index (Phi) is 13.5. The van der Waals surface area contributed by atoms with Crippen molar-refractivity contribution in [3.63, 3.8) is 0 Å². The monoisotopic (exact) mass is 748 g/mol. The third-order valence-corrected chi connectivity index (χ3v) is 9.01. The van der Waals surface area contributed by atoms with Crippen molar-refractivity contribution in [2.24, 2.45) is 0 Å². The molecule has 1 aliphatic rings. The van der Waals surface area contributed by atoms with E-state index in [0.717, 1.165) is 44.8 Å². The molecule has 280 valence electrons. The van der Waals surface area contributed by atoms with Crippen molar-refractivity contribution in [2.75, 3.05) is 52.7 Å². The topological polar surface area (TPSA) is 138 Å². The number of halogens is 2. The van der Waals surface area contributed by atoms with Crippen LogP contribution in [-0.4, -0.2) is 85.0 Å². The van der Waals surface area contributed by atoms with E-state index in [-0.39, 0.29) is 37.1 Å². The van der Waals surface area contributed by atoms with Crippen LogP contribution in [0.25, 0.3) is 22.2 Å². The number of esters is 1. The summed E-state index contributed by atoms with van der Waals surface area (Å²) in [4.78, 5) is 14.7. The molecule has 53 heavy (non-hydrogen) atoms. The maximum atomic E-state index is 16.0. The summed E-state index contributed by atoms with van der Waals surface area (Å²) >= 11 is 6.69. The minimum absolute atomic E-state index is 0.110. The number of benzene rings is 4. The molecule has 14 heteroatoms. The highest BCUT2D eigenvalue weighted by Crippen LogP contribution is 2.35. The third kappa shape index (κ3) is 10.2. The van der Waals surface area contributed by atoms with E-state index >= 15 is 4.39 Å². The molecule has 0 bridgehead atoms. The molecule has 0 radical (unpaired) electrons. The van der Waals surface area contributed by atoms with Crippen molar-refractivity contribution < 1.29 is 42.6 Å². The molecular formula is C39H42ClFN4O8. The van der Waals surface area contributed by atoms with Crippen molar-refractivity contribution in [3.8, 4) is 28.4 Å². The second-order valence-corrected chi connectivity index (χ2v) is 12.8. The van der Waals surface area contributed by atoms with E-state index in [4.69, 9.17) is 39.9 Å². The van der Waals surface area contributed by atoms with E-state index in [1.165, 1.54) is 0 Å². The highest BCUT2D eigenvalue weighted by atomic mass is 35.5. The van der Waals surface area contributed by atoms with Gasteiger partial charge in [-0.2, -0.15) is 0 Å². The fourth-order valence-electron chi connectivity index (χ4n) is 5.86. The predicted octanol–water partition coefficient (Wildman–Crippen LogP) is 5.96. The van der Waals surface area contributed by atoms with Crippen LogP contribution in [0.1, 0.15) is 30.0 Å². The lowest BCUT2D eigenvalue weighted by atomic mass is 10.0. The van der Waals surface area contributed by atoms with Gasteiger partial charge in [0.05, 0.1) is 38.1 Å². The summed E-state index contributed by atoms with van der Waals surface area (Å²) in [6.45, 7) is 6.43. The molecule has 0 amide bonds. The van der Waals surface area contributed by atoms with Gasteiger partial charge in [-0.25, -0.2) is 9.02 Å². The molecule has 12 nitrogen and oxygen atoms in total. The molecule has 1 saturated heterocycles. The minimum atomic E-state index is -0.956. The molecule has 1 aliphatic heterocycles. The first kappa shape index (κ1) is 38.0. The molecule has 6 rings (SSSR count). The van der Waals surface area contributed by atoms with Crippen LogP contribution in [0.4, 0.5) is 4.39 Å². The van der Waals surface area contributed by atoms with E-state index in [1.807, 2.05) is 30.3 Å². The van der Waals surface area contributed by atoms with Gasteiger partial charge in [0.15, 0.2) is 0 Å². The van der Waals surface area contributed by atoms with E-state index in [2.05, 4.69) is 20.5 Å². The van der Waals surface area contributed by atoms with Gasteiger partial charge >= 0.3 is 5.97 Å². The number of hydrogen-bond acceptors (Lipinski definition) is 12. The van der Waals surface area contributed by atoms with Gasteiger partial charge in [-0.05, 0) is 65.1 Å². The SMILES string of the molecule is CCOC(=O)C(CO)NCc1cc(Cl)c(OCc2cccc(-c3cccc(OCCCN4CCOCC4)c3)c2F)cc1OCc1ccc2nonc2c1. The second-order valence-electron chi connectivity index (χ2n) is 12.4. The van der Waals surface area contributed by atoms with E-state index < -0.39 is 24.4 Å².